The lowest BCUT2D eigenvalue weighted by Gasteiger charge is -2.10. The fourth-order valence-corrected chi connectivity index (χ4v) is 2.13. The van der Waals surface area contributed by atoms with Gasteiger partial charge in [0.2, 0.25) is 5.95 Å². The van der Waals surface area contributed by atoms with E-state index in [0.29, 0.717) is 30.3 Å². The number of ether oxygens (including phenoxy) is 1. The van der Waals surface area contributed by atoms with Crippen molar-refractivity contribution in [2.75, 3.05) is 36.1 Å². The van der Waals surface area contributed by atoms with E-state index in [1.54, 1.807) is 19.1 Å². The van der Waals surface area contributed by atoms with Crippen LogP contribution in [0, 0.1) is 13.8 Å². The van der Waals surface area contributed by atoms with Gasteiger partial charge in [-0.1, -0.05) is 12.1 Å². The van der Waals surface area contributed by atoms with E-state index in [-0.39, 0.29) is 5.95 Å². The molecule has 0 radical (unpaired) electrons. The molecule has 2 rings (SSSR count). The number of benzene rings is 1. The molecule has 4 N–H and O–H groups in total. The predicted octanol–water partition coefficient (Wildman–Crippen LogP) is 2.51. The molecule has 138 valence electrons. The van der Waals surface area contributed by atoms with Gasteiger partial charge in [0.25, 0.3) is 0 Å². The highest BCUT2D eigenvalue weighted by molar-refractivity contribution is 5.98. The van der Waals surface area contributed by atoms with Crippen LogP contribution >= 0.6 is 0 Å². The first-order valence-electron chi connectivity index (χ1n) is 8.02. The van der Waals surface area contributed by atoms with Crippen molar-refractivity contribution in [3.8, 4) is 0 Å². The molecule has 0 saturated heterocycles. The summed E-state index contributed by atoms with van der Waals surface area (Å²) in [7, 11) is 1.30. The molecule has 0 saturated carbocycles. The highest BCUT2D eigenvalue weighted by atomic mass is 16.5. The smallest absolute Gasteiger partial charge is 0.406 e. The normalized spacial score (nSPS) is 9.96. The first-order chi connectivity index (χ1) is 12.5. The van der Waals surface area contributed by atoms with Crippen molar-refractivity contribution >= 4 is 29.6 Å². The van der Waals surface area contributed by atoms with Gasteiger partial charge in [-0.3, -0.25) is 5.32 Å². The topological polar surface area (TPSA) is 117 Å². The quantitative estimate of drug-likeness (QED) is 0.590. The average molecular weight is 358 g/mol. The molecule has 1 heterocycles. The van der Waals surface area contributed by atoms with Crippen molar-refractivity contribution in [2.45, 2.75) is 13.8 Å². The van der Waals surface area contributed by atoms with Crippen molar-refractivity contribution < 1.29 is 14.3 Å². The summed E-state index contributed by atoms with van der Waals surface area (Å²) in [4.78, 5) is 31.5. The molecule has 3 amide bonds. The van der Waals surface area contributed by atoms with Crippen LogP contribution in [0.1, 0.15) is 11.3 Å². The third kappa shape index (κ3) is 6.27. The van der Waals surface area contributed by atoms with Crippen LogP contribution in [-0.2, 0) is 4.74 Å². The molecular weight excluding hydrogens is 336 g/mol. The minimum absolute atomic E-state index is 0.179. The number of nitrogens with one attached hydrogen (secondary N) is 4. The molecule has 0 fully saturated rings. The summed E-state index contributed by atoms with van der Waals surface area (Å²) >= 11 is 0. The second-order valence-corrected chi connectivity index (χ2v) is 5.51. The minimum atomic E-state index is -0.499. The summed E-state index contributed by atoms with van der Waals surface area (Å²) in [5.74, 6) is 0.716. The third-order valence-electron chi connectivity index (χ3n) is 3.24. The van der Waals surface area contributed by atoms with Crippen molar-refractivity contribution in [3.63, 3.8) is 0 Å². The fourth-order valence-electron chi connectivity index (χ4n) is 2.13. The maximum absolute atomic E-state index is 12.1. The summed E-state index contributed by atoms with van der Waals surface area (Å²) in [6.07, 6.45) is -0.499. The third-order valence-corrected chi connectivity index (χ3v) is 3.24. The molecule has 9 nitrogen and oxygen atoms in total. The fraction of sp³-hybridized carbons (Fsp3) is 0.294. The summed E-state index contributed by atoms with van der Waals surface area (Å²) < 4.78 is 4.48. The minimum Gasteiger partial charge on any atom is -0.453 e. The Bertz CT molecular complexity index is 781. The first kappa shape index (κ1) is 19.0. The van der Waals surface area contributed by atoms with Gasteiger partial charge in [0.15, 0.2) is 0 Å². The highest BCUT2D eigenvalue weighted by Crippen LogP contribution is 2.12. The van der Waals surface area contributed by atoms with E-state index < -0.39 is 12.1 Å². The van der Waals surface area contributed by atoms with Crippen LogP contribution in [0.2, 0.25) is 0 Å². The molecule has 9 heteroatoms. The number of hydrogen-bond donors (Lipinski definition) is 4. The Labute approximate surface area is 151 Å². The van der Waals surface area contributed by atoms with Crippen molar-refractivity contribution in [2.24, 2.45) is 0 Å². The second kappa shape index (κ2) is 9.21. The Hall–Kier alpha value is -3.36. The molecule has 0 aliphatic heterocycles. The number of aryl methyl sites for hydroxylation is 2. The second-order valence-electron chi connectivity index (χ2n) is 5.51. The molecule has 0 atom stereocenters. The Morgan fingerprint density at radius 2 is 1.88 bits per heavy atom. The predicted molar refractivity (Wildman–Crippen MR) is 99.5 cm³/mol. The molecule has 1 aromatic carbocycles. The zero-order valence-corrected chi connectivity index (χ0v) is 14.9. The van der Waals surface area contributed by atoms with E-state index in [2.05, 4.69) is 36.0 Å². The number of rotatable bonds is 6. The van der Waals surface area contributed by atoms with Crippen LogP contribution in [0.5, 0.6) is 0 Å². The molecule has 0 unspecified atom stereocenters. The maximum Gasteiger partial charge on any atom is 0.406 e. The first-order valence-corrected chi connectivity index (χ1v) is 8.02. The lowest BCUT2D eigenvalue weighted by Crippen LogP contribution is -2.28. The molecular formula is C17H22N6O3. The number of urea groups is 1. The Morgan fingerprint density at radius 1 is 1.08 bits per heavy atom. The monoisotopic (exact) mass is 358 g/mol. The largest absolute Gasteiger partial charge is 0.453 e. The van der Waals surface area contributed by atoms with Crippen molar-refractivity contribution in [3.05, 3.63) is 41.6 Å². The summed E-state index contributed by atoms with van der Waals surface area (Å²) in [5.41, 5.74) is 2.42. The number of hydrogen-bond acceptors (Lipinski definition) is 6. The van der Waals surface area contributed by atoms with E-state index >= 15 is 0 Å². The molecule has 0 aliphatic rings. The van der Waals surface area contributed by atoms with Crippen LogP contribution in [-0.4, -0.2) is 42.3 Å². The Morgan fingerprint density at radius 3 is 2.62 bits per heavy atom. The van der Waals surface area contributed by atoms with Crippen LogP contribution in [0.3, 0.4) is 0 Å². The summed E-state index contributed by atoms with van der Waals surface area (Å²) in [6.45, 7) is 4.55. The van der Waals surface area contributed by atoms with Crippen LogP contribution < -0.4 is 21.3 Å². The van der Waals surface area contributed by atoms with Gasteiger partial charge >= 0.3 is 12.1 Å². The van der Waals surface area contributed by atoms with Crippen molar-refractivity contribution in [1.82, 2.24) is 15.3 Å². The van der Waals surface area contributed by atoms with E-state index in [4.69, 9.17) is 0 Å². The number of carbonyl (C=O) groups excluding carboxylic acids is 2. The SMILES string of the molecule is COC(=O)NCCNc1cc(C)nc(NC(=O)Nc2cccc(C)c2)n1. The molecule has 0 aliphatic carbocycles. The van der Waals surface area contributed by atoms with E-state index in [9.17, 15) is 9.59 Å². The molecule has 2 aromatic rings. The number of alkyl carbamates (subject to hydrolysis) is 1. The Kier molecular flexibility index (Phi) is 6.72. The summed E-state index contributed by atoms with van der Waals surface area (Å²) in [5, 5.41) is 10.9. The lowest BCUT2D eigenvalue weighted by atomic mass is 10.2. The van der Waals surface area contributed by atoms with Crippen molar-refractivity contribution in [1.29, 1.82) is 0 Å². The van der Waals surface area contributed by atoms with Gasteiger partial charge in [0.05, 0.1) is 7.11 Å². The van der Waals surface area contributed by atoms with Gasteiger partial charge in [-0.2, -0.15) is 4.98 Å². The van der Waals surface area contributed by atoms with Gasteiger partial charge in [-0.25, -0.2) is 14.6 Å². The number of carbonyl (C=O) groups is 2. The molecule has 0 spiro atoms. The molecule has 0 bridgehead atoms. The number of aromatic nitrogens is 2. The van der Waals surface area contributed by atoms with E-state index in [1.165, 1.54) is 7.11 Å². The molecule has 26 heavy (non-hydrogen) atoms. The summed E-state index contributed by atoms with van der Waals surface area (Å²) in [6, 6.07) is 8.77. The highest BCUT2D eigenvalue weighted by Gasteiger charge is 2.07. The number of methoxy groups -OCH3 is 1. The van der Waals surface area contributed by atoms with E-state index in [0.717, 1.165) is 5.56 Å². The zero-order valence-electron chi connectivity index (χ0n) is 14.9. The standard InChI is InChI=1S/C17H22N6O3/c1-11-5-4-6-13(9-11)21-16(24)23-15-20-12(2)10-14(22-15)18-7-8-19-17(25)26-3/h4-6,9-10H,7-8H2,1-3H3,(H,19,25)(H3,18,20,21,22,23,24). The zero-order chi connectivity index (χ0) is 18.9. The lowest BCUT2D eigenvalue weighted by molar-refractivity contribution is 0.171. The van der Waals surface area contributed by atoms with Gasteiger partial charge in [0.1, 0.15) is 5.82 Å². The van der Waals surface area contributed by atoms with Gasteiger partial charge < -0.3 is 20.7 Å². The maximum atomic E-state index is 12.1. The molecule has 1 aromatic heterocycles. The van der Waals surface area contributed by atoms with Gasteiger partial charge in [-0.05, 0) is 31.5 Å². The van der Waals surface area contributed by atoms with Gasteiger partial charge in [-0.15, -0.1) is 0 Å². The van der Waals surface area contributed by atoms with Crippen LogP contribution in [0.15, 0.2) is 30.3 Å². The average Bonchev–Trinajstić information content (AvgIpc) is 2.57. The van der Waals surface area contributed by atoms with Crippen LogP contribution in [0.25, 0.3) is 0 Å². The van der Waals surface area contributed by atoms with Gasteiger partial charge in [0, 0.05) is 30.5 Å². The van der Waals surface area contributed by atoms with Crippen LogP contribution in [0.4, 0.5) is 27.0 Å². The number of nitrogens with zero attached hydrogens (tertiary/aromatic N) is 2. The van der Waals surface area contributed by atoms with E-state index in [1.807, 2.05) is 25.1 Å². The number of amides is 3. The Balaban J connectivity index is 1.91. The number of anilines is 3.